The Morgan fingerprint density at radius 1 is 0.906 bits per heavy atom. The van der Waals surface area contributed by atoms with E-state index in [2.05, 4.69) is 39.5 Å². The monoisotopic (exact) mass is 433 g/mol. The third-order valence-electron chi connectivity index (χ3n) is 5.54. The molecule has 1 aromatic heterocycles. The fourth-order valence-corrected chi connectivity index (χ4v) is 3.62. The van der Waals surface area contributed by atoms with Gasteiger partial charge in [0.15, 0.2) is 5.82 Å². The minimum atomic E-state index is -0.169. The molecule has 2 heterocycles. The molecule has 3 aromatic rings. The molecule has 0 unspecified atom stereocenters. The Bertz CT molecular complexity index is 1060. The molecular formula is C24H27N5O3. The molecule has 1 saturated heterocycles. The molecule has 0 aliphatic carbocycles. The Morgan fingerprint density at radius 2 is 1.66 bits per heavy atom. The highest BCUT2D eigenvalue weighted by Gasteiger charge is 2.23. The number of amides is 2. The summed E-state index contributed by atoms with van der Waals surface area (Å²) in [6.45, 7) is 4.59. The minimum Gasteiger partial charge on any atom is -0.497 e. The van der Waals surface area contributed by atoms with Crippen LogP contribution in [0.1, 0.15) is 5.56 Å². The number of rotatable bonds is 5. The average molecular weight is 434 g/mol. The second-order valence-corrected chi connectivity index (χ2v) is 7.61. The molecule has 1 aliphatic heterocycles. The summed E-state index contributed by atoms with van der Waals surface area (Å²) in [7, 11) is 3.16. The van der Waals surface area contributed by atoms with Crippen LogP contribution in [-0.4, -0.2) is 61.5 Å². The number of carbonyl (C=O) groups is 1. The zero-order valence-corrected chi connectivity index (χ0v) is 18.5. The van der Waals surface area contributed by atoms with E-state index in [1.807, 2.05) is 24.3 Å². The summed E-state index contributed by atoms with van der Waals surface area (Å²) in [5.74, 6) is 2.05. The van der Waals surface area contributed by atoms with Gasteiger partial charge >= 0.3 is 6.03 Å². The molecule has 2 amide bonds. The number of methoxy groups -OCH3 is 2. The summed E-state index contributed by atoms with van der Waals surface area (Å²) < 4.78 is 10.6. The lowest BCUT2D eigenvalue weighted by Gasteiger charge is -2.35. The van der Waals surface area contributed by atoms with Gasteiger partial charge in [-0.2, -0.15) is 0 Å². The van der Waals surface area contributed by atoms with Crippen LogP contribution < -0.4 is 19.7 Å². The molecule has 8 nitrogen and oxygen atoms in total. The van der Waals surface area contributed by atoms with Crippen molar-refractivity contribution in [1.29, 1.82) is 0 Å². The summed E-state index contributed by atoms with van der Waals surface area (Å²) >= 11 is 0. The van der Waals surface area contributed by atoms with Crippen LogP contribution in [-0.2, 0) is 0 Å². The number of urea groups is 1. The molecule has 1 N–H and O–H groups in total. The standard InChI is InChI=1S/C24H27N5O3/c1-17-4-6-18(7-5-17)20-9-11-23(27-26-20)28-12-14-29(15-13-28)24(30)25-21-16-19(31-2)8-10-22(21)32-3/h4-11,16H,12-15H2,1-3H3,(H,25,30). The molecule has 1 fully saturated rings. The number of aryl methyl sites for hydroxylation is 1. The molecule has 166 valence electrons. The van der Waals surface area contributed by atoms with Gasteiger partial charge in [-0.1, -0.05) is 29.8 Å². The van der Waals surface area contributed by atoms with Crippen molar-refractivity contribution in [3.63, 3.8) is 0 Å². The molecule has 8 heteroatoms. The van der Waals surface area contributed by atoms with Gasteiger partial charge in [0.1, 0.15) is 11.5 Å². The molecule has 0 radical (unpaired) electrons. The van der Waals surface area contributed by atoms with Crippen LogP contribution >= 0.6 is 0 Å². The molecule has 2 aromatic carbocycles. The van der Waals surface area contributed by atoms with Crippen LogP contribution in [0.15, 0.2) is 54.6 Å². The maximum atomic E-state index is 12.8. The molecular weight excluding hydrogens is 406 g/mol. The zero-order chi connectivity index (χ0) is 22.5. The first kappa shape index (κ1) is 21.4. The molecule has 0 bridgehead atoms. The number of ether oxygens (including phenoxy) is 2. The van der Waals surface area contributed by atoms with E-state index in [1.165, 1.54) is 5.56 Å². The predicted octanol–water partition coefficient (Wildman–Crippen LogP) is 3.82. The number of benzene rings is 2. The SMILES string of the molecule is COc1ccc(OC)c(NC(=O)N2CCN(c3ccc(-c4ccc(C)cc4)nn3)CC2)c1. The van der Waals surface area contributed by atoms with Crippen LogP contribution in [0.2, 0.25) is 0 Å². The van der Waals surface area contributed by atoms with E-state index in [-0.39, 0.29) is 6.03 Å². The highest BCUT2D eigenvalue weighted by atomic mass is 16.5. The molecule has 4 rings (SSSR count). The maximum Gasteiger partial charge on any atom is 0.322 e. The van der Waals surface area contributed by atoms with Gasteiger partial charge in [-0.3, -0.25) is 0 Å². The first-order valence-electron chi connectivity index (χ1n) is 10.5. The van der Waals surface area contributed by atoms with Crippen molar-refractivity contribution in [2.24, 2.45) is 0 Å². The predicted molar refractivity (Wildman–Crippen MR) is 125 cm³/mol. The number of hydrogen-bond acceptors (Lipinski definition) is 6. The van der Waals surface area contributed by atoms with Crippen LogP contribution in [0.3, 0.4) is 0 Å². The molecule has 0 atom stereocenters. The van der Waals surface area contributed by atoms with Crippen LogP contribution in [0.5, 0.6) is 11.5 Å². The van der Waals surface area contributed by atoms with E-state index in [4.69, 9.17) is 9.47 Å². The van der Waals surface area contributed by atoms with Gasteiger partial charge in [0.25, 0.3) is 0 Å². The van der Waals surface area contributed by atoms with E-state index in [0.717, 1.165) is 17.1 Å². The van der Waals surface area contributed by atoms with Crippen molar-refractivity contribution in [2.75, 3.05) is 50.6 Å². The Balaban J connectivity index is 1.36. The van der Waals surface area contributed by atoms with Gasteiger partial charge in [-0.05, 0) is 31.2 Å². The lowest BCUT2D eigenvalue weighted by Crippen LogP contribution is -2.50. The van der Waals surface area contributed by atoms with Crippen molar-refractivity contribution in [3.05, 3.63) is 60.2 Å². The summed E-state index contributed by atoms with van der Waals surface area (Å²) in [5.41, 5.74) is 3.69. The largest absolute Gasteiger partial charge is 0.497 e. The number of nitrogens with zero attached hydrogens (tertiary/aromatic N) is 4. The van der Waals surface area contributed by atoms with Gasteiger partial charge < -0.3 is 24.6 Å². The highest BCUT2D eigenvalue weighted by molar-refractivity contribution is 5.91. The van der Waals surface area contributed by atoms with Crippen LogP contribution in [0.4, 0.5) is 16.3 Å². The second-order valence-electron chi connectivity index (χ2n) is 7.61. The number of piperazine rings is 1. The van der Waals surface area contributed by atoms with Crippen molar-refractivity contribution in [2.45, 2.75) is 6.92 Å². The minimum absolute atomic E-state index is 0.169. The van der Waals surface area contributed by atoms with Crippen LogP contribution in [0, 0.1) is 6.92 Å². The Hall–Kier alpha value is -3.81. The smallest absolute Gasteiger partial charge is 0.322 e. The van der Waals surface area contributed by atoms with Crippen molar-refractivity contribution in [1.82, 2.24) is 15.1 Å². The normalized spacial score (nSPS) is 13.6. The van der Waals surface area contributed by atoms with Crippen LogP contribution in [0.25, 0.3) is 11.3 Å². The lowest BCUT2D eigenvalue weighted by molar-refractivity contribution is 0.208. The number of aromatic nitrogens is 2. The van der Waals surface area contributed by atoms with Gasteiger partial charge in [0, 0.05) is 37.8 Å². The molecule has 32 heavy (non-hydrogen) atoms. The van der Waals surface area contributed by atoms with Gasteiger partial charge in [0.05, 0.1) is 25.6 Å². The van der Waals surface area contributed by atoms with Crippen molar-refractivity contribution >= 4 is 17.5 Å². The van der Waals surface area contributed by atoms with Crippen molar-refractivity contribution in [3.8, 4) is 22.8 Å². The Labute approximate surface area is 187 Å². The number of nitrogens with one attached hydrogen (secondary N) is 1. The zero-order valence-electron chi connectivity index (χ0n) is 18.5. The third kappa shape index (κ3) is 4.74. The quantitative estimate of drug-likeness (QED) is 0.659. The number of carbonyl (C=O) groups excluding carboxylic acids is 1. The maximum absolute atomic E-state index is 12.8. The number of anilines is 2. The van der Waals surface area contributed by atoms with Gasteiger partial charge in [-0.15, -0.1) is 10.2 Å². The van der Waals surface area contributed by atoms with E-state index >= 15 is 0 Å². The topological polar surface area (TPSA) is 79.8 Å². The first-order chi connectivity index (χ1) is 15.6. The summed E-state index contributed by atoms with van der Waals surface area (Å²) in [6, 6.07) is 17.3. The van der Waals surface area contributed by atoms with E-state index in [1.54, 1.807) is 37.3 Å². The summed E-state index contributed by atoms with van der Waals surface area (Å²) in [6.07, 6.45) is 0. The van der Waals surface area contributed by atoms with E-state index < -0.39 is 0 Å². The lowest BCUT2D eigenvalue weighted by atomic mass is 10.1. The fraction of sp³-hybridized carbons (Fsp3) is 0.292. The Morgan fingerprint density at radius 3 is 2.28 bits per heavy atom. The summed E-state index contributed by atoms with van der Waals surface area (Å²) in [5, 5.41) is 11.7. The molecule has 0 saturated carbocycles. The molecule has 1 aliphatic rings. The van der Waals surface area contributed by atoms with Crippen molar-refractivity contribution < 1.29 is 14.3 Å². The average Bonchev–Trinajstić information content (AvgIpc) is 2.84. The number of hydrogen-bond donors (Lipinski definition) is 1. The van der Waals surface area contributed by atoms with Gasteiger partial charge in [0.2, 0.25) is 0 Å². The van der Waals surface area contributed by atoms with E-state index in [9.17, 15) is 4.79 Å². The highest BCUT2D eigenvalue weighted by Crippen LogP contribution is 2.29. The van der Waals surface area contributed by atoms with E-state index in [0.29, 0.717) is 43.4 Å². The first-order valence-corrected chi connectivity index (χ1v) is 10.5. The fourth-order valence-electron chi connectivity index (χ4n) is 3.62. The third-order valence-corrected chi connectivity index (χ3v) is 5.54. The summed E-state index contributed by atoms with van der Waals surface area (Å²) in [4.78, 5) is 16.7. The van der Waals surface area contributed by atoms with Gasteiger partial charge in [-0.25, -0.2) is 4.79 Å². The second kappa shape index (κ2) is 9.55. The molecule has 0 spiro atoms. The Kier molecular flexibility index (Phi) is 6.39.